The fourth-order valence-electron chi connectivity index (χ4n) is 1.54. The number of amides is 1. The molecule has 19 heavy (non-hydrogen) atoms. The van der Waals surface area contributed by atoms with Gasteiger partial charge < -0.3 is 10.4 Å². The lowest BCUT2D eigenvalue weighted by Gasteiger charge is -2.04. The van der Waals surface area contributed by atoms with Gasteiger partial charge in [0, 0.05) is 6.20 Å². The summed E-state index contributed by atoms with van der Waals surface area (Å²) in [6, 6.07) is 4.76. The molecule has 0 unspecified atom stereocenters. The molecule has 0 fully saturated rings. The van der Waals surface area contributed by atoms with Crippen LogP contribution in [0.3, 0.4) is 0 Å². The van der Waals surface area contributed by atoms with E-state index in [1.807, 2.05) is 16.8 Å². The highest BCUT2D eigenvalue weighted by atomic mass is 32.1. The van der Waals surface area contributed by atoms with Gasteiger partial charge >= 0.3 is 5.97 Å². The fraction of sp³-hybridized carbons (Fsp3) is 0.154. The standard InChI is InChI=1S/C13H12N2O3S/c16-12(5-9-2-4-19-8-9)15-7-11-6-10(13(17)18)1-3-14-11/h1-4,6,8H,5,7H2,(H,15,16)(H,17,18). The van der Waals surface area contributed by atoms with Crippen molar-refractivity contribution in [1.82, 2.24) is 10.3 Å². The lowest BCUT2D eigenvalue weighted by molar-refractivity contribution is -0.120. The highest BCUT2D eigenvalue weighted by molar-refractivity contribution is 7.07. The van der Waals surface area contributed by atoms with Gasteiger partial charge in [-0.15, -0.1) is 0 Å². The first-order chi connectivity index (χ1) is 9.15. The van der Waals surface area contributed by atoms with Crippen LogP contribution in [0.1, 0.15) is 21.6 Å². The van der Waals surface area contributed by atoms with E-state index in [1.54, 1.807) is 11.3 Å². The van der Waals surface area contributed by atoms with Crippen LogP contribution >= 0.6 is 11.3 Å². The maximum atomic E-state index is 11.7. The normalized spacial score (nSPS) is 10.1. The Kier molecular flexibility index (Phi) is 4.25. The van der Waals surface area contributed by atoms with Crippen molar-refractivity contribution in [3.8, 4) is 0 Å². The van der Waals surface area contributed by atoms with Gasteiger partial charge in [0.25, 0.3) is 0 Å². The molecule has 2 N–H and O–H groups in total. The number of aromatic nitrogens is 1. The molecule has 2 heterocycles. The molecule has 2 aromatic heterocycles. The predicted octanol–water partition coefficient (Wildman–Crippen LogP) is 1.70. The van der Waals surface area contributed by atoms with E-state index >= 15 is 0 Å². The quantitative estimate of drug-likeness (QED) is 0.871. The van der Waals surface area contributed by atoms with Crippen molar-refractivity contribution in [1.29, 1.82) is 0 Å². The van der Waals surface area contributed by atoms with Crippen LogP contribution in [0.5, 0.6) is 0 Å². The number of hydrogen-bond donors (Lipinski definition) is 2. The van der Waals surface area contributed by atoms with Crippen LogP contribution in [-0.2, 0) is 17.8 Å². The molecule has 1 amide bonds. The van der Waals surface area contributed by atoms with Crippen LogP contribution < -0.4 is 5.32 Å². The monoisotopic (exact) mass is 276 g/mol. The molecule has 2 rings (SSSR count). The summed E-state index contributed by atoms with van der Waals surface area (Å²) in [5.74, 6) is -1.12. The van der Waals surface area contributed by atoms with Crippen molar-refractivity contribution in [2.24, 2.45) is 0 Å². The van der Waals surface area contributed by atoms with Crippen molar-refractivity contribution in [2.75, 3.05) is 0 Å². The summed E-state index contributed by atoms with van der Waals surface area (Å²) < 4.78 is 0. The van der Waals surface area contributed by atoms with E-state index in [4.69, 9.17) is 5.11 Å². The average Bonchev–Trinajstić information content (AvgIpc) is 2.89. The minimum atomic E-state index is -1.01. The molecule has 0 aromatic carbocycles. The number of carbonyl (C=O) groups excluding carboxylic acids is 1. The Labute approximate surface area is 113 Å². The van der Waals surface area contributed by atoms with Crippen molar-refractivity contribution >= 4 is 23.2 Å². The van der Waals surface area contributed by atoms with E-state index < -0.39 is 5.97 Å². The molecular formula is C13H12N2O3S. The number of pyridine rings is 1. The molecule has 6 heteroatoms. The van der Waals surface area contributed by atoms with E-state index in [0.29, 0.717) is 12.1 Å². The SMILES string of the molecule is O=C(Cc1ccsc1)NCc1cc(C(=O)O)ccn1. The summed E-state index contributed by atoms with van der Waals surface area (Å²) in [7, 11) is 0. The maximum absolute atomic E-state index is 11.7. The predicted molar refractivity (Wildman–Crippen MR) is 71.1 cm³/mol. The van der Waals surface area contributed by atoms with Gasteiger partial charge in [-0.05, 0) is 34.5 Å². The molecule has 0 aliphatic heterocycles. The van der Waals surface area contributed by atoms with E-state index in [1.165, 1.54) is 18.3 Å². The molecule has 0 spiro atoms. The van der Waals surface area contributed by atoms with Crippen molar-refractivity contribution in [3.63, 3.8) is 0 Å². The molecule has 0 saturated heterocycles. The molecule has 2 aromatic rings. The smallest absolute Gasteiger partial charge is 0.335 e. The second-order valence-electron chi connectivity index (χ2n) is 3.93. The second-order valence-corrected chi connectivity index (χ2v) is 4.71. The molecule has 0 radical (unpaired) electrons. The number of nitrogens with zero attached hydrogens (tertiary/aromatic N) is 1. The van der Waals surface area contributed by atoms with Crippen LogP contribution in [0.4, 0.5) is 0 Å². The highest BCUT2D eigenvalue weighted by Crippen LogP contribution is 2.06. The lowest BCUT2D eigenvalue weighted by atomic mass is 10.2. The maximum Gasteiger partial charge on any atom is 0.335 e. The number of carbonyl (C=O) groups is 2. The minimum absolute atomic E-state index is 0.110. The average molecular weight is 276 g/mol. The Morgan fingerprint density at radius 2 is 2.21 bits per heavy atom. The Morgan fingerprint density at radius 3 is 2.89 bits per heavy atom. The van der Waals surface area contributed by atoms with Crippen molar-refractivity contribution < 1.29 is 14.7 Å². The van der Waals surface area contributed by atoms with Gasteiger partial charge in [0.05, 0.1) is 24.2 Å². The number of thiophene rings is 1. The topological polar surface area (TPSA) is 79.3 Å². The zero-order chi connectivity index (χ0) is 13.7. The zero-order valence-corrected chi connectivity index (χ0v) is 10.8. The lowest BCUT2D eigenvalue weighted by Crippen LogP contribution is -2.25. The Hall–Kier alpha value is -2.21. The van der Waals surface area contributed by atoms with Gasteiger partial charge in [-0.1, -0.05) is 0 Å². The van der Waals surface area contributed by atoms with Crippen LogP contribution in [0, 0.1) is 0 Å². The summed E-state index contributed by atoms with van der Waals surface area (Å²) in [6.45, 7) is 0.226. The Bertz CT molecular complexity index is 581. The zero-order valence-electron chi connectivity index (χ0n) is 10.00. The number of nitrogens with one attached hydrogen (secondary N) is 1. The summed E-state index contributed by atoms with van der Waals surface area (Å²) >= 11 is 1.54. The summed E-state index contributed by atoms with van der Waals surface area (Å²) in [4.78, 5) is 26.5. The number of rotatable bonds is 5. The van der Waals surface area contributed by atoms with Gasteiger partial charge in [0.15, 0.2) is 0 Å². The first-order valence-electron chi connectivity index (χ1n) is 5.61. The fourth-order valence-corrected chi connectivity index (χ4v) is 2.21. The van der Waals surface area contributed by atoms with Crippen LogP contribution in [0.25, 0.3) is 0 Å². The molecular weight excluding hydrogens is 264 g/mol. The summed E-state index contributed by atoms with van der Waals surface area (Å²) in [5, 5.41) is 15.4. The van der Waals surface area contributed by atoms with Crippen LogP contribution in [-0.4, -0.2) is 22.0 Å². The first kappa shape index (κ1) is 13.2. The van der Waals surface area contributed by atoms with E-state index in [9.17, 15) is 9.59 Å². The van der Waals surface area contributed by atoms with Gasteiger partial charge in [-0.3, -0.25) is 9.78 Å². The number of hydrogen-bond acceptors (Lipinski definition) is 4. The Balaban J connectivity index is 1.89. The van der Waals surface area contributed by atoms with E-state index in [2.05, 4.69) is 10.3 Å². The van der Waals surface area contributed by atoms with Crippen LogP contribution in [0.2, 0.25) is 0 Å². The Morgan fingerprint density at radius 1 is 1.37 bits per heavy atom. The number of carboxylic acid groups (broad SMARTS) is 1. The van der Waals surface area contributed by atoms with Gasteiger partial charge in [0.1, 0.15) is 0 Å². The third kappa shape index (κ3) is 3.89. The van der Waals surface area contributed by atoms with Crippen molar-refractivity contribution in [2.45, 2.75) is 13.0 Å². The van der Waals surface area contributed by atoms with Gasteiger partial charge in [0.2, 0.25) is 5.91 Å². The molecule has 98 valence electrons. The van der Waals surface area contributed by atoms with E-state index in [0.717, 1.165) is 5.56 Å². The van der Waals surface area contributed by atoms with E-state index in [-0.39, 0.29) is 18.0 Å². The summed E-state index contributed by atoms with van der Waals surface area (Å²) in [6.07, 6.45) is 1.74. The highest BCUT2D eigenvalue weighted by Gasteiger charge is 2.06. The molecule has 5 nitrogen and oxygen atoms in total. The molecule has 0 atom stereocenters. The summed E-state index contributed by atoms with van der Waals surface area (Å²) in [5.41, 5.74) is 1.66. The molecule has 0 aliphatic rings. The van der Waals surface area contributed by atoms with Crippen molar-refractivity contribution in [3.05, 3.63) is 52.0 Å². The minimum Gasteiger partial charge on any atom is -0.478 e. The van der Waals surface area contributed by atoms with Gasteiger partial charge in [-0.2, -0.15) is 11.3 Å². The van der Waals surface area contributed by atoms with Crippen LogP contribution in [0.15, 0.2) is 35.2 Å². The molecule has 0 aliphatic carbocycles. The number of carboxylic acids is 1. The second kappa shape index (κ2) is 6.10. The third-order valence-corrected chi connectivity index (χ3v) is 3.21. The first-order valence-corrected chi connectivity index (χ1v) is 6.55. The molecule has 0 bridgehead atoms. The third-order valence-electron chi connectivity index (χ3n) is 2.47. The number of aromatic carboxylic acids is 1. The van der Waals surface area contributed by atoms with Gasteiger partial charge in [-0.25, -0.2) is 4.79 Å². The largest absolute Gasteiger partial charge is 0.478 e. The molecule has 0 saturated carbocycles.